The molecule has 1 rings (SSSR count). The zero-order chi connectivity index (χ0) is 11.4. The van der Waals surface area contributed by atoms with Gasteiger partial charge in [-0.1, -0.05) is 24.6 Å². The maximum Gasteiger partial charge on any atom is 0.0916 e. The maximum atomic E-state index is 7.25. The van der Waals surface area contributed by atoms with Crippen LogP contribution in [0.15, 0.2) is 23.1 Å². The van der Waals surface area contributed by atoms with Gasteiger partial charge in [0.05, 0.1) is 5.84 Å². The first-order valence-corrected chi connectivity index (χ1v) is 5.94. The van der Waals surface area contributed by atoms with E-state index in [0.717, 1.165) is 0 Å². The molecule has 0 aliphatic heterocycles. The quantitative estimate of drug-likeness (QED) is 0.467. The largest absolute Gasteiger partial charge is 0.388 e. The summed E-state index contributed by atoms with van der Waals surface area (Å²) in [7, 11) is 0. The van der Waals surface area contributed by atoms with Crippen molar-refractivity contribution < 1.29 is 0 Å². The summed E-state index contributed by atoms with van der Waals surface area (Å²) < 4.78 is 0. The highest BCUT2D eigenvalue weighted by molar-refractivity contribution is 8.00. The highest BCUT2D eigenvalue weighted by Crippen LogP contribution is 2.28. The van der Waals surface area contributed by atoms with Gasteiger partial charge in [-0.25, -0.2) is 0 Å². The molecule has 1 atom stereocenters. The molecule has 3 heteroatoms. The summed E-state index contributed by atoms with van der Waals surface area (Å²) >= 11 is 1.79. The standard InChI is InChI=1S/C12H18N2S/c1-8-4-5-9(2)11(6-8)15-10(3)7-12(13)14/h4-6,10H,7H2,1-3H3,(H3,13,14). The lowest BCUT2D eigenvalue weighted by Crippen LogP contribution is -2.14. The van der Waals surface area contributed by atoms with Crippen LogP contribution in [0.3, 0.4) is 0 Å². The second-order valence-corrected chi connectivity index (χ2v) is 5.41. The number of nitrogens with two attached hydrogens (primary N) is 1. The van der Waals surface area contributed by atoms with E-state index in [1.165, 1.54) is 16.0 Å². The molecule has 0 amide bonds. The molecule has 1 aromatic carbocycles. The average molecular weight is 222 g/mol. The molecule has 0 spiro atoms. The van der Waals surface area contributed by atoms with Gasteiger partial charge in [0, 0.05) is 16.6 Å². The predicted molar refractivity (Wildman–Crippen MR) is 67.8 cm³/mol. The lowest BCUT2D eigenvalue weighted by molar-refractivity contribution is 0.994. The molecular weight excluding hydrogens is 204 g/mol. The SMILES string of the molecule is Cc1ccc(C)c(SC(C)CC(=N)N)c1. The van der Waals surface area contributed by atoms with Crippen molar-refractivity contribution in [1.82, 2.24) is 0 Å². The number of nitrogens with one attached hydrogen (secondary N) is 1. The Morgan fingerprint density at radius 2 is 2.13 bits per heavy atom. The van der Waals surface area contributed by atoms with Crippen LogP contribution in [-0.4, -0.2) is 11.1 Å². The summed E-state index contributed by atoms with van der Waals surface area (Å²) in [5.74, 6) is 0.264. The van der Waals surface area contributed by atoms with Crippen molar-refractivity contribution in [2.45, 2.75) is 37.3 Å². The first kappa shape index (κ1) is 12.1. The maximum absolute atomic E-state index is 7.25. The van der Waals surface area contributed by atoms with Crippen LogP contribution in [0.25, 0.3) is 0 Å². The van der Waals surface area contributed by atoms with E-state index in [1.54, 1.807) is 11.8 Å². The van der Waals surface area contributed by atoms with Crippen LogP contribution in [0.1, 0.15) is 24.5 Å². The molecule has 0 fully saturated rings. The highest BCUT2D eigenvalue weighted by atomic mass is 32.2. The van der Waals surface area contributed by atoms with Crippen LogP contribution in [0.2, 0.25) is 0 Å². The van der Waals surface area contributed by atoms with Gasteiger partial charge in [0.25, 0.3) is 0 Å². The normalized spacial score (nSPS) is 12.5. The predicted octanol–water partition coefficient (Wildman–Crippen LogP) is 3.11. The zero-order valence-corrected chi connectivity index (χ0v) is 10.3. The van der Waals surface area contributed by atoms with Gasteiger partial charge in [-0.3, -0.25) is 5.41 Å². The molecule has 1 unspecified atom stereocenters. The number of hydrogen-bond donors (Lipinski definition) is 2. The number of aryl methyl sites for hydroxylation is 2. The molecule has 0 aliphatic carbocycles. The first-order chi connectivity index (χ1) is 6.99. The smallest absolute Gasteiger partial charge is 0.0916 e. The summed E-state index contributed by atoms with van der Waals surface area (Å²) in [4.78, 5) is 1.30. The van der Waals surface area contributed by atoms with E-state index in [4.69, 9.17) is 11.1 Å². The van der Waals surface area contributed by atoms with Crippen molar-refractivity contribution in [2.24, 2.45) is 5.73 Å². The van der Waals surface area contributed by atoms with Crippen LogP contribution in [0.5, 0.6) is 0 Å². The molecule has 3 N–H and O–H groups in total. The third kappa shape index (κ3) is 3.96. The van der Waals surface area contributed by atoms with Crippen molar-refractivity contribution in [1.29, 1.82) is 5.41 Å². The van der Waals surface area contributed by atoms with Gasteiger partial charge >= 0.3 is 0 Å². The molecule has 0 saturated heterocycles. The van der Waals surface area contributed by atoms with Crippen molar-refractivity contribution in [3.8, 4) is 0 Å². The van der Waals surface area contributed by atoms with Crippen LogP contribution >= 0.6 is 11.8 Å². The molecule has 0 radical (unpaired) electrons. The third-order valence-corrected chi connectivity index (χ3v) is 3.44. The minimum atomic E-state index is 0.264. The second-order valence-electron chi connectivity index (χ2n) is 3.93. The molecule has 0 heterocycles. The first-order valence-electron chi connectivity index (χ1n) is 5.06. The Hall–Kier alpha value is -0.960. The van der Waals surface area contributed by atoms with Gasteiger partial charge in [-0.05, 0) is 25.5 Å². The van der Waals surface area contributed by atoms with Gasteiger partial charge in [0.1, 0.15) is 0 Å². The average Bonchev–Trinajstić information content (AvgIpc) is 2.10. The fourth-order valence-electron chi connectivity index (χ4n) is 1.40. The highest BCUT2D eigenvalue weighted by Gasteiger charge is 2.07. The Bertz CT molecular complexity index is 361. The Morgan fingerprint density at radius 3 is 2.73 bits per heavy atom. The second kappa shape index (κ2) is 5.21. The fourth-order valence-corrected chi connectivity index (χ4v) is 2.61. The number of rotatable bonds is 4. The van der Waals surface area contributed by atoms with E-state index < -0.39 is 0 Å². The van der Waals surface area contributed by atoms with E-state index in [9.17, 15) is 0 Å². The molecule has 0 bridgehead atoms. The van der Waals surface area contributed by atoms with Gasteiger partial charge in [-0.15, -0.1) is 11.8 Å². The van der Waals surface area contributed by atoms with Crippen molar-refractivity contribution >= 4 is 17.6 Å². The third-order valence-electron chi connectivity index (χ3n) is 2.18. The lowest BCUT2D eigenvalue weighted by Gasteiger charge is -2.12. The number of thioether (sulfide) groups is 1. The molecule has 0 aliphatic rings. The summed E-state index contributed by atoms with van der Waals surface area (Å²) in [5.41, 5.74) is 7.95. The molecule has 1 aromatic rings. The summed E-state index contributed by atoms with van der Waals surface area (Å²) in [5, 5.41) is 7.61. The topological polar surface area (TPSA) is 49.9 Å². The Balaban J connectivity index is 2.71. The molecule has 2 nitrogen and oxygen atoms in total. The minimum absolute atomic E-state index is 0.264. The summed E-state index contributed by atoms with van der Waals surface area (Å²) in [6.45, 7) is 6.31. The monoisotopic (exact) mass is 222 g/mol. The number of hydrogen-bond acceptors (Lipinski definition) is 2. The van der Waals surface area contributed by atoms with Crippen molar-refractivity contribution in [2.75, 3.05) is 0 Å². The van der Waals surface area contributed by atoms with E-state index >= 15 is 0 Å². The molecule has 0 aromatic heterocycles. The Labute approximate surface area is 95.8 Å². The van der Waals surface area contributed by atoms with Gasteiger partial charge in [-0.2, -0.15) is 0 Å². The summed E-state index contributed by atoms with van der Waals surface area (Å²) in [6, 6.07) is 6.45. The number of benzene rings is 1. The van der Waals surface area contributed by atoms with Gasteiger partial charge in [0.2, 0.25) is 0 Å². The van der Waals surface area contributed by atoms with Crippen LogP contribution in [0.4, 0.5) is 0 Å². The fraction of sp³-hybridized carbons (Fsp3) is 0.417. The van der Waals surface area contributed by atoms with Gasteiger partial charge in [0.15, 0.2) is 0 Å². The van der Waals surface area contributed by atoms with E-state index in [2.05, 4.69) is 39.0 Å². The molecule has 82 valence electrons. The molecular formula is C12H18N2S. The minimum Gasteiger partial charge on any atom is -0.388 e. The summed E-state index contributed by atoms with van der Waals surface area (Å²) in [6.07, 6.45) is 0.651. The van der Waals surface area contributed by atoms with Crippen LogP contribution < -0.4 is 5.73 Å². The zero-order valence-electron chi connectivity index (χ0n) is 9.50. The van der Waals surface area contributed by atoms with Crippen LogP contribution in [-0.2, 0) is 0 Å². The van der Waals surface area contributed by atoms with E-state index in [0.29, 0.717) is 11.7 Å². The van der Waals surface area contributed by atoms with E-state index in [1.807, 2.05) is 0 Å². The number of amidine groups is 1. The molecule has 15 heavy (non-hydrogen) atoms. The van der Waals surface area contributed by atoms with Crippen LogP contribution in [0, 0.1) is 19.3 Å². The lowest BCUT2D eigenvalue weighted by atomic mass is 10.2. The van der Waals surface area contributed by atoms with E-state index in [-0.39, 0.29) is 5.84 Å². The molecule has 0 saturated carbocycles. The van der Waals surface area contributed by atoms with Crippen molar-refractivity contribution in [3.63, 3.8) is 0 Å². The Morgan fingerprint density at radius 1 is 1.47 bits per heavy atom. The Kier molecular flexibility index (Phi) is 4.21. The van der Waals surface area contributed by atoms with Gasteiger partial charge < -0.3 is 5.73 Å². The van der Waals surface area contributed by atoms with Crippen molar-refractivity contribution in [3.05, 3.63) is 29.3 Å².